The number of nitrogens with zero attached hydrogens (tertiary/aromatic N) is 3. The van der Waals surface area contributed by atoms with E-state index in [-0.39, 0.29) is 18.2 Å². The van der Waals surface area contributed by atoms with Crippen molar-refractivity contribution in [2.45, 2.75) is 20.8 Å². The Morgan fingerprint density at radius 2 is 2.22 bits per heavy atom. The van der Waals surface area contributed by atoms with Crippen molar-refractivity contribution in [2.24, 2.45) is 11.8 Å². The van der Waals surface area contributed by atoms with E-state index in [0.717, 1.165) is 0 Å². The predicted molar refractivity (Wildman–Crippen MR) is 65.9 cm³/mol. The number of aryl methyl sites for hydroxylation is 1. The van der Waals surface area contributed by atoms with E-state index >= 15 is 0 Å². The predicted octanol–water partition coefficient (Wildman–Crippen LogP) is 1.43. The Morgan fingerprint density at radius 3 is 2.72 bits per heavy atom. The molecular weight excluding hydrogens is 232 g/mol. The lowest BCUT2D eigenvalue weighted by atomic mass is 9.96. The average molecular weight is 248 g/mol. The SMILES string of the molecule is Cc1cc(C#N)nc(NCC(C(=O)O)C(C)C)n1. The largest absolute Gasteiger partial charge is 0.481 e. The van der Waals surface area contributed by atoms with Gasteiger partial charge in [-0.2, -0.15) is 5.26 Å². The summed E-state index contributed by atoms with van der Waals surface area (Å²) >= 11 is 0. The summed E-state index contributed by atoms with van der Waals surface area (Å²) in [6, 6.07) is 3.51. The molecule has 18 heavy (non-hydrogen) atoms. The molecule has 96 valence electrons. The Balaban J connectivity index is 2.77. The second-order valence-corrected chi connectivity index (χ2v) is 4.40. The summed E-state index contributed by atoms with van der Waals surface area (Å²) in [4.78, 5) is 19.1. The van der Waals surface area contributed by atoms with Crippen LogP contribution >= 0.6 is 0 Å². The van der Waals surface area contributed by atoms with Gasteiger partial charge in [-0.25, -0.2) is 9.97 Å². The van der Waals surface area contributed by atoms with Crippen molar-refractivity contribution < 1.29 is 9.90 Å². The van der Waals surface area contributed by atoms with E-state index in [9.17, 15) is 4.79 Å². The lowest BCUT2D eigenvalue weighted by Gasteiger charge is -2.16. The highest BCUT2D eigenvalue weighted by atomic mass is 16.4. The minimum absolute atomic E-state index is 0.00949. The maximum Gasteiger partial charge on any atom is 0.308 e. The molecule has 2 N–H and O–H groups in total. The number of rotatable bonds is 5. The van der Waals surface area contributed by atoms with Crippen molar-refractivity contribution in [1.82, 2.24) is 9.97 Å². The molecule has 1 atom stereocenters. The van der Waals surface area contributed by atoms with Gasteiger partial charge in [0.25, 0.3) is 0 Å². The van der Waals surface area contributed by atoms with Crippen LogP contribution in [-0.4, -0.2) is 27.6 Å². The first kappa shape index (κ1) is 13.9. The Hall–Kier alpha value is -2.16. The summed E-state index contributed by atoms with van der Waals surface area (Å²) in [5.74, 6) is -1.07. The van der Waals surface area contributed by atoms with Gasteiger partial charge in [-0.3, -0.25) is 4.79 Å². The van der Waals surface area contributed by atoms with Crippen molar-refractivity contribution in [3.8, 4) is 6.07 Å². The average Bonchev–Trinajstić information content (AvgIpc) is 2.27. The Labute approximate surface area is 106 Å². The number of carbonyl (C=O) groups is 1. The number of nitriles is 1. The molecule has 0 bridgehead atoms. The molecule has 0 radical (unpaired) electrons. The number of hydrogen-bond donors (Lipinski definition) is 2. The number of aromatic nitrogens is 2. The van der Waals surface area contributed by atoms with Gasteiger partial charge >= 0.3 is 5.97 Å². The van der Waals surface area contributed by atoms with Gasteiger partial charge in [0.2, 0.25) is 5.95 Å². The minimum atomic E-state index is -0.856. The minimum Gasteiger partial charge on any atom is -0.481 e. The maximum absolute atomic E-state index is 11.0. The molecule has 0 aliphatic carbocycles. The lowest BCUT2D eigenvalue weighted by molar-refractivity contribution is -0.142. The molecule has 0 saturated carbocycles. The van der Waals surface area contributed by atoms with Crippen molar-refractivity contribution in [2.75, 3.05) is 11.9 Å². The van der Waals surface area contributed by atoms with Gasteiger partial charge in [0.1, 0.15) is 11.8 Å². The van der Waals surface area contributed by atoms with Crippen molar-refractivity contribution in [3.05, 3.63) is 17.5 Å². The van der Waals surface area contributed by atoms with Crippen LogP contribution in [0.5, 0.6) is 0 Å². The molecule has 6 heteroatoms. The van der Waals surface area contributed by atoms with Crippen molar-refractivity contribution in [3.63, 3.8) is 0 Å². The Kier molecular flexibility index (Phi) is 4.60. The van der Waals surface area contributed by atoms with Gasteiger partial charge in [0, 0.05) is 12.2 Å². The monoisotopic (exact) mass is 248 g/mol. The van der Waals surface area contributed by atoms with Gasteiger partial charge in [-0.15, -0.1) is 0 Å². The first-order valence-corrected chi connectivity index (χ1v) is 5.66. The van der Waals surface area contributed by atoms with Gasteiger partial charge in [-0.1, -0.05) is 13.8 Å². The molecular formula is C12H16N4O2. The highest BCUT2D eigenvalue weighted by molar-refractivity contribution is 5.71. The fourth-order valence-corrected chi connectivity index (χ4v) is 1.51. The van der Waals surface area contributed by atoms with E-state index in [4.69, 9.17) is 10.4 Å². The quantitative estimate of drug-likeness (QED) is 0.817. The summed E-state index contributed by atoms with van der Waals surface area (Å²) in [5.41, 5.74) is 0.932. The van der Waals surface area contributed by atoms with E-state index in [0.29, 0.717) is 11.6 Å². The molecule has 0 aromatic carbocycles. The Morgan fingerprint density at radius 1 is 1.56 bits per heavy atom. The van der Waals surface area contributed by atoms with Gasteiger partial charge in [0.15, 0.2) is 0 Å². The summed E-state index contributed by atoms with van der Waals surface area (Å²) in [5, 5.41) is 20.7. The molecule has 0 spiro atoms. The molecule has 1 aromatic heterocycles. The number of hydrogen-bond acceptors (Lipinski definition) is 5. The molecule has 0 amide bonds. The second-order valence-electron chi connectivity index (χ2n) is 4.40. The number of nitrogens with one attached hydrogen (secondary N) is 1. The standard InChI is InChI=1S/C12H16N4O2/c1-7(2)10(11(17)18)6-14-12-15-8(3)4-9(5-13)16-12/h4,7,10H,6H2,1-3H3,(H,17,18)(H,14,15,16). The summed E-state index contributed by atoms with van der Waals surface area (Å²) in [7, 11) is 0. The first-order chi connectivity index (χ1) is 8.43. The maximum atomic E-state index is 11.0. The summed E-state index contributed by atoms with van der Waals surface area (Å²) in [6.45, 7) is 5.68. The van der Waals surface area contributed by atoms with E-state index < -0.39 is 11.9 Å². The first-order valence-electron chi connectivity index (χ1n) is 5.66. The molecule has 6 nitrogen and oxygen atoms in total. The van der Waals surface area contributed by atoms with E-state index in [1.165, 1.54) is 0 Å². The topological polar surface area (TPSA) is 98.9 Å². The van der Waals surface area contributed by atoms with Crippen LogP contribution in [0.1, 0.15) is 25.2 Å². The normalized spacial score (nSPS) is 11.9. The van der Waals surface area contributed by atoms with E-state index in [1.54, 1.807) is 13.0 Å². The molecule has 0 saturated heterocycles. The fraction of sp³-hybridized carbons (Fsp3) is 0.500. The van der Waals surface area contributed by atoms with Crippen LogP contribution in [0.3, 0.4) is 0 Å². The van der Waals surface area contributed by atoms with Crippen LogP contribution in [0.4, 0.5) is 5.95 Å². The zero-order valence-electron chi connectivity index (χ0n) is 10.6. The van der Waals surface area contributed by atoms with Crippen LogP contribution in [-0.2, 0) is 4.79 Å². The highest BCUT2D eigenvalue weighted by Crippen LogP contribution is 2.12. The third-order valence-corrected chi connectivity index (χ3v) is 2.57. The molecule has 1 heterocycles. The van der Waals surface area contributed by atoms with Crippen molar-refractivity contribution in [1.29, 1.82) is 5.26 Å². The molecule has 0 fully saturated rings. The summed E-state index contributed by atoms with van der Waals surface area (Å²) in [6.07, 6.45) is 0. The molecule has 1 aromatic rings. The van der Waals surface area contributed by atoms with Gasteiger partial charge in [0.05, 0.1) is 5.92 Å². The molecule has 0 aliphatic rings. The third kappa shape index (κ3) is 3.70. The summed E-state index contributed by atoms with van der Waals surface area (Å²) < 4.78 is 0. The number of carboxylic acid groups (broad SMARTS) is 1. The smallest absolute Gasteiger partial charge is 0.308 e. The molecule has 1 unspecified atom stereocenters. The highest BCUT2D eigenvalue weighted by Gasteiger charge is 2.21. The fourth-order valence-electron chi connectivity index (χ4n) is 1.51. The van der Waals surface area contributed by atoms with E-state index in [1.807, 2.05) is 19.9 Å². The lowest BCUT2D eigenvalue weighted by Crippen LogP contribution is -2.28. The van der Waals surface area contributed by atoms with Crippen LogP contribution < -0.4 is 5.32 Å². The second kappa shape index (κ2) is 5.96. The zero-order valence-corrected chi connectivity index (χ0v) is 10.6. The van der Waals surface area contributed by atoms with Gasteiger partial charge in [-0.05, 0) is 18.9 Å². The zero-order chi connectivity index (χ0) is 13.7. The van der Waals surface area contributed by atoms with Crippen molar-refractivity contribution >= 4 is 11.9 Å². The van der Waals surface area contributed by atoms with Crippen LogP contribution in [0, 0.1) is 30.1 Å². The molecule has 1 rings (SSSR count). The third-order valence-electron chi connectivity index (χ3n) is 2.57. The Bertz CT molecular complexity index is 479. The van der Waals surface area contributed by atoms with Crippen LogP contribution in [0.25, 0.3) is 0 Å². The van der Waals surface area contributed by atoms with Crippen LogP contribution in [0.2, 0.25) is 0 Å². The number of anilines is 1. The molecule has 0 aliphatic heterocycles. The van der Waals surface area contributed by atoms with Gasteiger partial charge < -0.3 is 10.4 Å². The van der Waals surface area contributed by atoms with Crippen LogP contribution in [0.15, 0.2) is 6.07 Å². The van der Waals surface area contributed by atoms with E-state index in [2.05, 4.69) is 15.3 Å². The number of carboxylic acids is 1. The number of aliphatic carboxylic acids is 1.